The number of rotatable bonds is 4. The van der Waals surface area contributed by atoms with Gasteiger partial charge in [0.15, 0.2) is 0 Å². The number of hydrogen-bond acceptors (Lipinski definition) is 3. The monoisotopic (exact) mass is 286 g/mol. The summed E-state index contributed by atoms with van der Waals surface area (Å²) in [6.45, 7) is 2.31. The Morgan fingerprint density at radius 3 is 2.45 bits per heavy atom. The Hall–Kier alpha value is -2.00. The predicted octanol–water partition coefficient (Wildman–Crippen LogP) is 3.27. The van der Waals surface area contributed by atoms with Gasteiger partial charge in [-0.25, -0.2) is 0 Å². The summed E-state index contributed by atoms with van der Waals surface area (Å²) in [6, 6.07) is 15.6. The van der Waals surface area contributed by atoms with Crippen molar-refractivity contribution in [2.24, 2.45) is 4.99 Å². The van der Waals surface area contributed by atoms with Crippen LogP contribution in [0.5, 0.6) is 5.75 Å². The van der Waals surface area contributed by atoms with Crippen LogP contribution in [-0.2, 0) is 6.61 Å². The van der Waals surface area contributed by atoms with Gasteiger partial charge in [0.05, 0.1) is 6.54 Å². The fourth-order valence-electron chi connectivity index (χ4n) is 2.05. The minimum atomic E-state index is 0.537. The summed E-state index contributed by atoms with van der Waals surface area (Å²) in [5, 5.41) is 3.99. The molecular formula is C16H15ClN2O. The molecule has 0 spiro atoms. The lowest BCUT2D eigenvalue weighted by atomic mass is 10.2. The Kier molecular flexibility index (Phi) is 3.88. The van der Waals surface area contributed by atoms with Crippen molar-refractivity contribution in [2.75, 3.05) is 13.1 Å². The zero-order valence-corrected chi connectivity index (χ0v) is 11.7. The van der Waals surface area contributed by atoms with E-state index in [1.807, 2.05) is 48.5 Å². The Morgan fingerprint density at radius 1 is 1.05 bits per heavy atom. The van der Waals surface area contributed by atoms with E-state index in [-0.39, 0.29) is 0 Å². The lowest BCUT2D eigenvalue weighted by molar-refractivity contribution is 0.306. The largest absolute Gasteiger partial charge is 0.489 e. The van der Waals surface area contributed by atoms with E-state index in [4.69, 9.17) is 16.3 Å². The number of amidine groups is 1. The van der Waals surface area contributed by atoms with E-state index in [2.05, 4.69) is 10.3 Å². The molecular weight excluding hydrogens is 272 g/mol. The number of nitrogens with zero attached hydrogens (tertiary/aromatic N) is 1. The summed E-state index contributed by atoms with van der Waals surface area (Å²) in [5.74, 6) is 1.82. The summed E-state index contributed by atoms with van der Waals surface area (Å²) in [6.07, 6.45) is 0. The van der Waals surface area contributed by atoms with E-state index < -0.39 is 0 Å². The molecule has 2 aromatic carbocycles. The third-order valence-corrected chi connectivity index (χ3v) is 3.37. The van der Waals surface area contributed by atoms with Crippen LogP contribution in [0.25, 0.3) is 0 Å². The summed E-state index contributed by atoms with van der Waals surface area (Å²) in [5.41, 5.74) is 2.20. The average molecular weight is 287 g/mol. The fourth-order valence-corrected chi connectivity index (χ4v) is 2.17. The molecule has 1 aliphatic heterocycles. The molecule has 0 radical (unpaired) electrons. The maximum Gasteiger partial charge on any atom is 0.128 e. The Balaban J connectivity index is 1.62. The van der Waals surface area contributed by atoms with Gasteiger partial charge in [-0.2, -0.15) is 0 Å². The summed E-state index contributed by atoms with van der Waals surface area (Å²) >= 11 is 5.85. The van der Waals surface area contributed by atoms with Gasteiger partial charge in [-0.1, -0.05) is 23.7 Å². The Labute approximate surface area is 123 Å². The van der Waals surface area contributed by atoms with Crippen LogP contribution >= 0.6 is 11.6 Å². The molecule has 0 fully saturated rings. The van der Waals surface area contributed by atoms with Crippen molar-refractivity contribution in [3.63, 3.8) is 0 Å². The molecule has 0 atom stereocenters. The van der Waals surface area contributed by atoms with Crippen LogP contribution in [-0.4, -0.2) is 18.9 Å². The number of aliphatic imine (C=N–C) groups is 1. The Bertz CT molecular complexity index is 605. The van der Waals surface area contributed by atoms with E-state index in [1.165, 1.54) is 0 Å². The maximum atomic E-state index is 5.85. The second-order valence-corrected chi connectivity index (χ2v) is 5.03. The quantitative estimate of drug-likeness (QED) is 0.936. The third-order valence-electron chi connectivity index (χ3n) is 3.12. The smallest absolute Gasteiger partial charge is 0.128 e. The van der Waals surface area contributed by atoms with Crippen LogP contribution in [0.4, 0.5) is 0 Å². The highest BCUT2D eigenvalue weighted by Gasteiger charge is 2.07. The first-order chi connectivity index (χ1) is 9.81. The molecule has 0 aromatic heterocycles. The van der Waals surface area contributed by atoms with E-state index in [9.17, 15) is 0 Å². The highest BCUT2D eigenvalue weighted by atomic mass is 35.5. The molecule has 0 amide bonds. The molecule has 0 aliphatic carbocycles. The molecule has 1 heterocycles. The van der Waals surface area contributed by atoms with Crippen molar-refractivity contribution in [3.05, 3.63) is 64.7 Å². The molecule has 0 bridgehead atoms. The molecule has 3 rings (SSSR count). The summed E-state index contributed by atoms with van der Waals surface area (Å²) in [7, 11) is 0. The molecule has 0 saturated carbocycles. The van der Waals surface area contributed by atoms with E-state index in [0.717, 1.165) is 40.8 Å². The normalized spacial score (nSPS) is 13.8. The maximum absolute atomic E-state index is 5.85. The fraction of sp³-hybridized carbons (Fsp3) is 0.188. The highest BCUT2D eigenvalue weighted by molar-refractivity contribution is 6.30. The predicted molar refractivity (Wildman–Crippen MR) is 81.6 cm³/mol. The molecule has 102 valence electrons. The van der Waals surface area contributed by atoms with Gasteiger partial charge in [0.25, 0.3) is 0 Å². The van der Waals surface area contributed by atoms with Gasteiger partial charge in [0.1, 0.15) is 18.2 Å². The van der Waals surface area contributed by atoms with E-state index >= 15 is 0 Å². The number of halogens is 1. The van der Waals surface area contributed by atoms with Crippen molar-refractivity contribution in [3.8, 4) is 5.75 Å². The number of nitrogens with one attached hydrogen (secondary N) is 1. The standard InChI is InChI=1S/C16H15ClN2O/c17-14-5-1-12(2-6-14)11-20-15-7-3-13(4-8-15)16-18-9-10-19-16/h1-8H,9-11H2,(H,18,19). The van der Waals surface area contributed by atoms with Gasteiger partial charge in [-0.05, 0) is 42.0 Å². The lowest BCUT2D eigenvalue weighted by Gasteiger charge is -2.08. The molecule has 4 heteroatoms. The minimum Gasteiger partial charge on any atom is -0.489 e. The van der Waals surface area contributed by atoms with Crippen molar-refractivity contribution >= 4 is 17.4 Å². The average Bonchev–Trinajstić information content (AvgIpc) is 3.01. The molecule has 1 N–H and O–H groups in total. The van der Waals surface area contributed by atoms with E-state index in [0.29, 0.717) is 6.61 Å². The first-order valence-electron chi connectivity index (χ1n) is 6.57. The van der Waals surface area contributed by atoms with Gasteiger partial charge in [-0.15, -0.1) is 0 Å². The summed E-state index contributed by atoms with van der Waals surface area (Å²) in [4.78, 5) is 4.39. The van der Waals surface area contributed by atoms with Crippen LogP contribution in [0.2, 0.25) is 5.02 Å². The van der Waals surface area contributed by atoms with Crippen LogP contribution < -0.4 is 10.1 Å². The van der Waals surface area contributed by atoms with Crippen LogP contribution in [0.1, 0.15) is 11.1 Å². The van der Waals surface area contributed by atoms with Gasteiger partial charge in [0, 0.05) is 17.1 Å². The highest BCUT2D eigenvalue weighted by Crippen LogP contribution is 2.16. The number of benzene rings is 2. The Morgan fingerprint density at radius 2 is 1.80 bits per heavy atom. The van der Waals surface area contributed by atoms with Crippen molar-refractivity contribution in [1.82, 2.24) is 5.32 Å². The molecule has 20 heavy (non-hydrogen) atoms. The van der Waals surface area contributed by atoms with Crippen LogP contribution in [0, 0.1) is 0 Å². The molecule has 2 aromatic rings. The van der Waals surface area contributed by atoms with E-state index in [1.54, 1.807) is 0 Å². The first-order valence-corrected chi connectivity index (χ1v) is 6.95. The first kappa shape index (κ1) is 13.0. The lowest BCUT2D eigenvalue weighted by Crippen LogP contribution is -2.19. The van der Waals surface area contributed by atoms with Gasteiger partial charge in [-0.3, -0.25) is 4.99 Å². The van der Waals surface area contributed by atoms with Gasteiger partial charge < -0.3 is 10.1 Å². The van der Waals surface area contributed by atoms with Crippen LogP contribution in [0.15, 0.2) is 53.5 Å². The number of ether oxygens (including phenoxy) is 1. The SMILES string of the molecule is Clc1ccc(COc2ccc(C3=NCCN3)cc2)cc1. The minimum absolute atomic E-state index is 0.537. The van der Waals surface area contributed by atoms with Crippen molar-refractivity contribution < 1.29 is 4.74 Å². The van der Waals surface area contributed by atoms with Crippen LogP contribution in [0.3, 0.4) is 0 Å². The second kappa shape index (κ2) is 5.97. The van der Waals surface area contributed by atoms with Crippen molar-refractivity contribution in [1.29, 1.82) is 0 Å². The summed E-state index contributed by atoms with van der Waals surface area (Å²) < 4.78 is 5.75. The van der Waals surface area contributed by atoms with Gasteiger partial charge >= 0.3 is 0 Å². The third kappa shape index (κ3) is 3.11. The zero-order valence-electron chi connectivity index (χ0n) is 11.0. The molecule has 0 saturated heterocycles. The second-order valence-electron chi connectivity index (χ2n) is 4.60. The molecule has 1 aliphatic rings. The molecule has 0 unspecified atom stereocenters. The molecule has 3 nitrogen and oxygen atoms in total. The van der Waals surface area contributed by atoms with Gasteiger partial charge in [0.2, 0.25) is 0 Å². The van der Waals surface area contributed by atoms with Crippen molar-refractivity contribution in [2.45, 2.75) is 6.61 Å². The zero-order chi connectivity index (χ0) is 13.8. The number of hydrogen-bond donors (Lipinski definition) is 1. The topological polar surface area (TPSA) is 33.6 Å².